The minimum Gasteiger partial charge on any atom is -0.488 e. The molecular weight excluding hydrogens is 204 g/mol. The third-order valence-corrected chi connectivity index (χ3v) is 2.60. The second kappa shape index (κ2) is 4.12. The molecule has 2 rings (SSSR count). The van der Waals surface area contributed by atoms with Crippen molar-refractivity contribution in [2.24, 2.45) is 5.73 Å². The zero-order chi connectivity index (χ0) is 11.7. The van der Waals surface area contributed by atoms with Gasteiger partial charge >= 0.3 is 0 Å². The minimum atomic E-state index is -0.529. The Morgan fingerprint density at radius 1 is 1.56 bits per heavy atom. The predicted molar refractivity (Wildman–Crippen MR) is 60.5 cm³/mol. The molecule has 0 atom stereocenters. The first-order chi connectivity index (χ1) is 7.59. The summed E-state index contributed by atoms with van der Waals surface area (Å²) in [6.07, 6.45) is 3.93. The third-order valence-electron chi connectivity index (χ3n) is 2.60. The average Bonchev–Trinajstić information content (AvgIpc) is 3.01. The van der Waals surface area contributed by atoms with Gasteiger partial charge in [-0.05, 0) is 24.8 Å². The van der Waals surface area contributed by atoms with E-state index in [1.54, 1.807) is 6.20 Å². The van der Waals surface area contributed by atoms with Gasteiger partial charge in [-0.1, -0.05) is 13.8 Å². The lowest BCUT2D eigenvalue weighted by molar-refractivity contribution is 0.0990. The molecule has 1 aliphatic carbocycles. The first kappa shape index (κ1) is 10.9. The molecular formula is C12H16N2O2. The molecule has 2 N–H and O–H groups in total. The summed E-state index contributed by atoms with van der Waals surface area (Å²) >= 11 is 0. The molecule has 1 fully saturated rings. The number of aromatic nitrogens is 1. The molecule has 4 nitrogen and oxygen atoms in total. The number of primary amides is 1. The summed E-state index contributed by atoms with van der Waals surface area (Å²) < 4.78 is 5.75. The number of carbonyl (C=O) groups is 1. The number of pyridine rings is 1. The van der Waals surface area contributed by atoms with Crippen LogP contribution in [-0.4, -0.2) is 17.0 Å². The second-order valence-electron chi connectivity index (χ2n) is 4.41. The Labute approximate surface area is 94.8 Å². The number of nitrogens with zero attached hydrogens (tertiary/aromatic N) is 1. The maximum atomic E-state index is 11.3. The highest BCUT2D eigenvalue weighted by Crippen LogP contribution is 2.34. The van der Waals surface area contributed by atoms with Gasteiger partial charge in [0.05, 0.1) is 6.10 Å². The van der Waals surface area contributed by atoms with Gasteiger partial charge in [0.2, 0.25) is 0 Å². The fraction of sp³-hybridized carbons (Fsp3) is 0.500. The molecule has 16 heavy (non-hydrogen) atoms. The van der Waals surface area contributed by atoms with E-state index in [4.69, 9.17) is 10.5 Å². The van der Waals surface area contributed by atoms with E-state index in [1.807, 2.05) is 6.07 Å². The van der Waals surface area contributed by atoms with Gasteiger partial charge in [-0.3, -0.25) is 4.79 Å². The number of rotatable bonds is 4. The summed E-state index contributed by atoms with van der Waals surface area (Å²) in [6.45, 7) is 4.11. The molecule has 0 aromatic carbocycles. The Bertz CT molecular complexity index is 411. The number of ether oxygens (including phenoxy) is 1. The molecule has 0 aliphatic heterocycles. The molecule has 1 saturated carbocycles. The van der Waals surface area contributed by atoms with Gasteiger partial charge in [0.25, 0.3) is 5.91 Å². The highest BCUT2D eigenvalue weighted by atomic mass is 16.5. The first-order valence-electron chi connectivity index (χ1n) is 5.55. The van der Waals surface area contributed by atoms with Gasteiger partial charge in [0.1, 0.15) is 0 Å². The smallest absolute Gasteiger partial charge is 0.271 e. The van der Waals surface area contributed by atoms with Gasteiger partial charge in [0.15, 0.2) is 11.4 Å². The van der Waals surface area contributed by atoms with Gasteiger partial charge in [-0.25, -0.2) is 4.98 Å². The number of amides is 1. The lowest BCUT2D eigenvalue weighted by Gasteiger charge is -2.15. The van der Waals surface area contributed by atoms with E-state index >= 15 is 0 Å². The molecule has 1 amide bonds. The maximum absolute atomic E-state index is 11.3. The fourth-order valence-corrected chi connectivity index (χ4v) is 1.57. The number of hydrogen-bond donors (Lipinski definition) is 1. The van der Waals surface area contributed by atoms with Crippen molar-refractivity contribution < 1.29 is 9.53 Å². The van der Waals surface area contributed by atoms with E-state index in [0.29, 0.717) is 5.75 Å². The molecule has 0 saturated heterocycles. The SMILES string of the molecule is CC(C)c1ccnc(C(N)=O)c1OC1CC1. The third kappa shape index (κ3) is 2.15. The monoisotopic (exact) mass is 220 g/mol. The lowest BCUT2D eigenvalue weighted by Crippen LogP contribution is -2.17. The predicted octanol–water partition coefficient (Wildman–Crippen LogP) is 1.85. The van der Waals surface area contributed by atoms with Gasteiger partial charge in [-0.2, -0.15) is 0 Å². The van der Waals surface area contributed by atoms with Gasteiger partial charge in [0, 0.05) is 11.8 Å². The summed E-state index contributed by atoms with van der Waals surface area (Å²) in [5.41, 5.74) is 6.54. The zero-order valence-corrected chi connectivity index (χ0v) is 9.56. The Balaban J connectivity index is 2.42. The Kier molecular flexibility index (Phi) is 2.81. The van der Waals surface area contributed by atoms with Crippen molar-refractivity contribution in [2.45, 2.75) is 38.7 Å². The molecule has 86 valence electrons. The summed E-state index contributed by atoms with van der Waals surface area (Å²) in [7, 11) is 0. The quantitative estimate of drug-likeness (QED) is 0.842. The molecule has 0 radical (unpaired) electrons. The van der Waals surface area contributed by atoms with Crippen LogP contribution in [-0.2, 0) is 0 Å². The van der Waals surface area contributed by atoms with Crippen LogP contribution in [0.4, 0.5) is 0 Å². The summed E-state index contributed by atoms with van der Waals surface area (Å²) in [6, 6.07) is 1.88. The zero-order valence-electron chi connectivity index (χ0n) is 9.56. The molecule has 1 heterocycles. The Morgan fingerprint density at radius 3 is 2.75 bits per heavy atom. The lowest BCUT2D eigenvalue weighted by atomic mass is 10.0. The molecule has 0 spiro atoms. The molecule has 0 bridgehead atoms. The maximum Gasteiger partial charge on any atom is 0.271 e. The van der Waals surface area contributed by atoms with E-state index in [1.165, 1.54) is 0 Å². The fourth-order valence-electron chi connectivity index (χ4n) is 1.57. The van der Waals surface area contributed by atoms with Crippen molar-refractivity contribution in [1.82, 2.24) is 4.98 Å². The molecule has 1 aromatic heterocycles. The normalized spacial score (nSPS) is 15.2. The Hall–Kier alpha value is -1.58. The van der Waals surface area contributed by atoms with Crippen LogP contribution in [0.1, 0.15) is 48.7 Å². The van der Waals surface area contributed by atoms with Crippen LogP contribution in [0.25, 0.3) is 0 Å². The van der Waals surface area contributed by atoms with E-state index in [2.05, 4.69) is 18.8 Å². The number of nitrogens with two attached hydrogens (primary N) is 1. The summed E-state index contributed by atoms with van der Waals surface area (Å²) in [5, 5.41) is 0. The molecule has 4 heteroatoms. The van der Waals surface area contributed by atoms with Crippen LogP contribution in [0.5, 0.6) is 5.75 Å². The number of hydrogen-bond acceptors (Lipinski definition) is 3. The van der Waals surface area contributed by atoms with Crippen molar-refractivity contribution in [1.29, 1.82) is 0 Å². The van der Waals surface area contributed by atoms with Crippen molar-refractivity contribution in [3.63, 3.8) is 0 Å². The minimum absolute atomic E-state index is 0.236. The van der Waals surface area contributed by atoms with E-state index in [-0.39, 0.29) is 17.7 Å². The van der Waals surface area contributed by atoms with Crippen LogP contribution in [0, 0.1) is 0 Å². The highest BCUT2D eigenvalue weighted by molar-refractivity contribution is 5.94. The van der Waals surface area contributed by atoms with Crippen LogP contribution in [0.3, 0.4) is 0 Å². The topological polar surface area (TPSA) is 65.2 Å². The van der Waals surface area contributed by atoms with E-state index in [9.17, 15) is 4.79 Å². The molecule has 0 unspecified atom stereocenters. The van der Waals surface area contributed by atoms with Crippen molar-refractivity contribution >= 4 is 5.91 Å². The van der Waals surface area contributed by atoms with Crippen LogP contribution >= 0.6 is 0 Å². The first-order valence-corrected chi connectivity index (χ1v) is 5.55. The van der Waals surface area contributed by atoms with Crippen LogP contribution in [0.15, 0.2) is 12.3 Å². The second-order valence-corrected chi connectivity index (χ2v) is 4.41. The Morgan fingerprint density at radius 2 is 2.25 bits per heavy atom. The van der Waals surface area contributed by atoms with Crippen molar-refractivity contribution in [3.05, 3.63) is 23.5 Å². The van der Waals surface area contributed by atoms with E-state index < -0.39 is 5.91 Å². The molecule has 1 aliphatic rings. The van der Waals surface area contributed by atoms with Crippen molar-refractivity contribution in [3.8, 4) is 5.75 Å². The average molecular weight is 220 g/mol. The summed E-state index contributed by atoms with van der Waals surface area (Å²) in [4.78, 5) is 15.3. The van der Waals surface area contributed by atoms with Gasteiger partial charge < -0.3 is 10.5 Å². The highest BCUT2D eigenvalue weighted by Gasteiger charge is 2.28. The largest absolute Gasteiger partial charge is 0.488 e. The van der Waals surface area contributed by atoms with Crippen LogP contribution in [0.2, 0.25) is 0 Å². The standard InChI is InChI=1S/C12H16N2O2/c1-7(2)9-5-6-14-10(12(13)15)11(9)16-8-3-4-8/h5-8H,3-4H2,1-2H3,(H2,13,15). The molecule has 1 aromatic rings. The van der Waals surface area contributed by atoms with Gasteiger partial charge in [-0.15, -0.1) is 0 Å². The number of carbonyl (C=O) groups excluding carboxylic acids is 1. The van der Waals surface area contributed by atoms with Crippen molar-refractivity contribution in [2.75, 3.05) is 0 Å². The summed E-state index contributed by atoms with van der Waals surface area (Å²) in [5.74, 6) is 0.334. The van der Waals surface area contributed by atoms with E-state index in [0.717, 1.165) is 18.4 Å². The van der Waals surface area contributed by atoms with Crippen LogP contribution < -0.4 is 10.5 Å².